The van der Waals surface area contributed by atoms with Crippen molar-refractivity contribution < 1.29 is 18.6 Å². The molecular formula is C25H21F2N5O2. The molecule has 0 saturated heterocycles. The van der Waals surface area contributed by atoms with E-state index in [1.54, 1.807) is 6.07 Å². The van der Waals surface area contributed by atoms with Crippen LogP contribution in [0.5, 0.6) is 5.75 Å². The zero-order chi connectivity index (χ0) is 23.9. The number of benzene rings is 2. The van der Waals surface area contributed by atoms with Crippen LogP contribution in [-0.4, -0.2) is 36.4 Å². The van der Waals surface area contributed by atoms with Crippen molar-refractivity contribution >= 4 is 0 Å². The molecule has 2 aromatic heterocycles. The van der Waals surface area contributed by atoms with Gasteiger partial charge in [-0.05, 0) is 59.3 Å². The molecule has 0 fully saturated rings. The number of rotatable bonds is 7. The third-order valence-electron chi connectivity index (χ3n) is 5.00. The lowest BCUT2D eigenvalue weighted by Gasteiger charge is -2.18. The predicted molar refractivity (Wildman–Crippen MR) is 120 cm³/mol. The van der Waals surface area contributed by atoms with E-state index < -0.39 is 18.6 Å². The monoisotopic (exact) mass is 461 g/mol. The van der Waals surface area contributed by atoms with Gasteiger partial charge in [-0.1, -0.05) is 41.7 Å². The molecule has 2 heterocycles. The van der Waals surface area contributed by atoms with Gasteiger partial charge >= 0.3 is 0 Å². The van der Waals surface area contributed by atoms with Crippen molar-refractivity contribution in [3.8, 4) is 17.6 Å². The molecule has 9 heteroatoms. The standard InChI is InChI=1S/C25H21F2N5O2/c1-17-2-4-20(5-3-17)15-34-21-11-8-18(9-12-21)6-7-19-10-13-22(28-14-19)23(26)24(33)25(27)32-16-29-30-31-32/h2-5,8-14,16,23-25,33H,15H2,1H3. The van der Waals surface area contributed by atoms with E-state index in [-0.39, 0.29) is 5.69 Å². The Hall–Kier alpha value is -4.16. The number of ether oxygens (including phenoxy) is 1. The van der Waals surface area contributed by atoms with Gasteiger partial charge in [-0.15, -0.1) is 5.10 Å². The van der Waals surface area contributed by atoms with E-state index >= 15 is 0 Å². The number of hydrogen-bond donors (Lipinski definition) is 1. The smallest absolute Gasteiger partial charge is 0.224 e. The molecule has 172 valence electrons. The highest BCUT2D eigenvalue weighted by molar-refractivity contribution is 5.44. The van der Waals surface area contributed by atoms with Crippen LogP contribution in [0, 0.1) is 18.8 Å². The highest BCUT2D eigenvalue weighted by atomic mass is 19.1. The third-order valence-corrected chi connectivity index (χ3v) is 5.00. The molecule has 3 unspecified atom stereocenters. The van der Waals surface area contributed by atoms with E-state index in [0.29, 0.717) is 16.9 Å². The molecule has 7 nitrogen and oxygen atoms in total. The molecule has 3 atom stereocenters. The predicted octanol–water partition coefficient (Wildman–Crippen LogP) is 3.90. The first-order valence-electron chi connectivity index (χ1n) is 10.4. The molecule has 4 rings (SSSR count). The van der Waals surface area contributed by atoms with E-state index in [9.17, 15) is 13.9 Å². The summed E-state index contributed by atoms with van der Waals surface area (Å²) in [5.74, 6) is 6.68. The molecule has 0 radical (unpaired) electrons. The Labute approximate surface area is 195 Å². The summed E-state index contributed by atoms with van der Waals surface area (Å²) in [6.45, 7) is 2.52. The summed E-state index contributed by atoms with van der Waals surface area (Å²) in [5.41, 5.74) is 3.48. The second kappa shape index (κ2) is 10.6. The van der Waals surface area contributed by atoms with Gasteiger partial charge in [-0.25, -0.2) is 8.78 Å². The Bertz CT molecular complexity index is 1250. The minimum atomic E-state index is -2.14. The number of pyridine rings is 1. The second-order valence-electron chi connectivity index (χ2n) is 7.58. The van der Waals surface area contributed by atoms with Crippen LogP contribution >= 0.6 is 0 Å². The molecule has 0 amide bonds. The Morgan fingerprint density at radius 3 is 2.32 bits per heavy atom. The molecular weight excluding hydrogens is 440 g/mol. The molecule has 0 aliphatic carbocycles. The number of halogens is 2. The summed E-state index contributed by atoms with van der Waals surface area (Å²) in [4.78, 5) is 3.96. The highest BCUT2D eigenvalue weighted by Gasteiger charge is 2.32. The Balaban J connectivity index is 1.34. The van der Waals surface area contributed by atoms with Gasteiger partial charge in [0.2, 0.25) is 6.30 Å². The Morgan fingerprint density at radius 1 is 0.971 bits per heavy atom. The summed E-state index contributed by atoms with van der Waals surface area (Å²) in [7, 11) is 0. The lowest BCUT2D eigenvalue weighted by atomic mass is 10.1. The average molecular weight is 461 g/mol. The van der Waals surface area contributed by atoms with Crippen LogP contribution in [-0.2, 0) is 6.61 Å². The molecule has 34 heavy (non-hydrogen) atoms. The molecule has 0 aliphatic rings. The van der Waals surface area contributed by atoms with Gasteiger partial charge in [0.15, 0.2) is 6.17 Å². The van der Waals surface area contributed by atoms with E-state index in [4.69, 9.17) is 4.74 Å². The first-order chi connectivity index (χ1) is 16.5. The molecule has 1 N–H and O–H groups in total. The lowest BCUT2D eigenvalue weighted by molar-refractivity contribution is -0.0294. The van der Waals surface area contributed by atoms with Crippen LogP contribution < -0.4 is 4.74 Å². The summed E-state index contributed by atoms with van der Waals surface area (Å²) in [6, 6.07) is 18.4. The first kappa shape index (κ1) is 23.0. The van der Waals surface area contributed by atoms with Gasteiger partial charge in [0.05, 0.1) is 5.69 Å². The third kappa shape index (κ3) is 5.79. The zero-order valence-corrected chi connectivity index (χ0v) is 18.2. The van der Waals surface area contributed by atoms with Crippen LogP contribution in [0.15, 0.2) is 73.2 Å². The number of hydrogen-bond acceptors (Lipinski definition) is 6. The number of aliphatic hydroxyl groups excluding tert-OH is 1. The maximum atomic E-state index is 14.5. The van der Waals surface area contributed by atoms with Crippen molar-refractivity contribution in [2.45, 2.75) is 32.1 Å². The summed E-state index contributed by atoms with van der Waals surface area (Å²) in [5, 5.41) is 19.8. The van der Waals surface area contributed by atoms with Gasteiger partial charge in [0.1, 0.15) is 24.8 Å². The SMILES string of the molecule is Cc1ccc(COc2ccc(C#Cc3ccc(C(F)C(O)C(F)n4cnnn4)nc3)cc2)cc1. The van der Waals surface area contributed by atoms with Gasteiger partial charge in [0.25, 0.3) is 0 Å². The zero-order valence-electron chi connectivity index (χ0n) is 18.2. The van der Waals surface area contributed by atoms with Crippen molar-refractivity contribution in [3.05, 3.63) is 101 Å². The summed E-state index contributed by atoms with van der Waals surface area (Å²) >= 11 is 0. The Kier molecular flexibility index (Phi) is 7.20. The molecule has 2 aromatic carbocycles. The number of aryl methyl sites for hydroxylation is 1. The van der Waals surface area contributed by atoms with Crippen LogP contribution in [0.2, 0.25) is 0 Å². The van der Waals surface area contributed by atoms with Crippen molar-refractivity contribution in [1.29, 1.82) is 0 Å². The van der Waals surface area contributed by atoms with E-state index in [1.807, 2.05) is 55.5 Å². The van der Waals surface area contributed by atoms with Crippen molar-refractivity contribution in [3.63, 3.8) is 0 Å². The van der Waals surface area contributed by atoms with E-state index in [0.717, 1.165) is 23.2 Å². The molecule has 0 aliphatic heterocycles. The maximum Gasteiger partial charge on any atom is 0.224 e. The van der Waals surface area contributed by atoms with Crippen LogP contribution in [0.4, 0.5) is 8.78 Å². The Morgan fingerprint density at radius 2 is 1.68 bits per heavy atom. The lowest BCUT2D eigenvalue weighted by Crippen LogP contribution is -2.26. The van der Waals surface area contributed by atoms with Gasteiger partial charge in [-0.2, -0.15) is 4.68 Å². The minimum Gasteiger partial charge on any atom is -0.489 e. The normalized spacial score (nSPS) is 13.4. The van der Waals surface area contributed by atoms with Gasteiger partial charge < -0.3 is 9.84 Å². The fourth-order valence-electron chi connectivity index (χ4n) is 3.02. The average Bonchev–Trinajstić information content (AvgIpc) is 3.42. The van der Waals surface area contributed by atoms with Crippen LogP contribution in [0.25, 0.3) is 0 Å². The minimum absolute atomic E-state index is 0.121. The van der Waals surface area contributed by atoms with Crippen molar-refractivity contribution in [2.75, 3.05) is 0 Å². The fraction of sp³-hybridized carbons (Fsp3) is 0.200. The van der Waals surface area contributed by atoms with Gasteiger partial charge in [0, 0.05) is 17.3 Å². The number of nitrogens with zero attached hydrogens (tertiary/aromatic N) is 5. The highest BCUT2D eigenvalue weighted by Crippen LogP contribution is 2.27. The number of tetrazole rings is 1. The summed E-state index contributed by atoms with van der Waals surface area (Å²) in [6.07, 6.45) is -3.90. The first-order valence-corrected chi connectivity index (χ1v) is 10.4. The number of alkyl halides is 2. The van der Waals surface area contributed by atoms with Crippen LogP contribution in [0.3, 0.4) is 0 Å². The van der Waals surface area contributed by atoms with Gasteiger partial charge in [-0.3, -0.25) is 4.98 Å². The molecule has 0 saturated carbocycles. The number of aromatic nitrogens is 5. The molecule has 0 bridgehead atoms. The van der Waals surface area contributed by atoms with E-state index in [1.165, 1.54) is 17.8 Å². The van der Waals surface area contributed by atoms with Crippen molar-refractivity contribution in [2.24, 2.45) is 0 Å². The second-order valence-corrected chi connectivity index (χ2v) is 7.58. The fourth-order valence-corrected chi connectivity index (χ4v) is 3.02. The van der Waals surface area contributed by atoms with Crippen LogP contribution in [0.1, 0.15) is 40.4 Å². The quantitative estimate of drug-likeness (QED) is 0.420. The maximum absolute atomic E-state index is 14.5. The summed E-state index contributed by atoms with van der Waals surface area (Å²) < 4.78 is 35.1. The largest absolute Gasteiger partial charge is 0.489 e. The van der Waals surface area contributed by atoms with Crippen molar-refractivity contribution in [1.82, 2.24) is 25.2 Å². The molecule has 4 aromatic rings. The molecule has 0 spiro atoms. The van der Waals surface area contributed by atoms with E-state index in [2.05, 4.69) is 32.4 Å². The topological polar surface area (TPSA) is 86.0 Å². The number of aliphatic hydroxyl groups is 1.